The molecule has 1 N–H and O–H groups in total. The first-order chi connectivity index (χ1) is 9.54. The second-order valence-electron chi connectivity index (χ2n) is 4.36. The second-order valence-corrected chi connectivity index (χ2v) is 5.65. The third kappa shape index (κ3) is 4.47. The van der Waals surface area contributed by atoms with E-state index in [4.69, 9.17) is 16.3 Å². The molecular weight excluding hydrogens is 347 g/mol. The molecule has 0 radical (unpaired) electrons. The van der Waals surface area contributed by atoms with Gasteiger partial charge in [0, 0.05) is 15.9 Å². The molecule has 0 saturated carbocycles. The summed E-state index contributed by atoms with van der Waals surface area (Å²) in [6.45, 7) is 0.143. The van der Waals surface area contributed by atoms with Gasteiger partial charge in [0.2, 0.25) is 0 Å². The normalized spacial score (nSPS) is 12.2. The molecule has 0 bridgehead atoms. The van der Waals surface area contributed by atoms with E-state index in [1.54, 1.807) is 30.3 Å². The highest BCUT2D eigenvalue weighted by molar-refractivity contribution is 9.10. The van der Waals surface area contributed by atoms with E-state index >= 15 is 0 Å². The smallest absolute Gasteiger partial charge is 0.124 e. The van der Waals surface area contributed by atoms with Crippen molar-refractivity contribution >= 4 is 27.5 Å². The van der Waals surface area contributed by atoms with Crippen LogP contribution in [0.2, 0.25) is 5.02 Å². The zero-order chi connectivity index (χ0) is 14.5. The predicted octanol–water partition coefficient (Wildman–Crippen LogP) is 4.22. The SMILES string of the molecule is OC(COc1cccc(Cl)c1)Cc1ccc(F)cc1Br. The van der Waals surface area contributed by atoms with Crippen LogP contribution in [0.5, 0.6) is 5.75 Å². The van der Waals surface area contributed by atoms with Crippen LogP contribution in [-0.2, 0) is 6.42 Å². The molecule has 0 saturated heterocycles. The van der Waals surface area contributed by atoms with Crippen LogP contribution in [0.4, 0.5) is 4.39 Å². The number of aliphatic hydroxyl groups is 1. The van der Waals surface area contributed by atoms with Crippen LogP contribution in [-0.4, -0.2) is 17.8 Å². The number of hydrogen-bond acceptors (Lipinski definition) is 2. The van der Waals surface area contributed by atoms with Gasteiger partial charge in [-0.15, -0.1) is 0 Å². The summed E-state index contributed by atoms with van der Waals surface area (Å²) in [4.78, 5) is 0. The Labute approximate surface area is 130 Å². The van der Waals surface area contributed by atoms with Gasteiger partial charge in [0.15, 0.2) is 0 Å². The minimum absolute atomic E-state index is 0.143. The highest BCUT2D eigenvalue weighted by Crippen LogP contribution is 2.21. The molecule has 1 unspecified atom stereocenters. The van der Waals surface area contributed by atoms with Crippen molar-refractivity contribution in [3.05, 3.63) is 63.3 Å². The quantitative estimate of drug-likeness (QED) is 0.866. The summed E-state index contributed by atoms with van der Waals surface area (Å²) < 4.78 is 19.1. The summed E-state index contributed by atoms with van der Waals surface area (Å²) in [5, 5.41) is 10.5. The number of halogens is 3. The lowest BCUT2D eigenvalue weighted by atomic mass is 10.1. The molecule has 2 aromatic carbocycles. The monoisotopic (exact) mass is 358 g/mol. The molecule has 2 nitrogen and oxygen atoms in total. The predicted molar refractivity (Wildman–Crippen MR) is 80.8 cm³/mol. The largest absolute Gasteiger partial charge is 0.491 e. The Kier molecular flexibility index (Phi) is 5.40. The van der Waals surface area contributed by atoms with Crippen LogP contribution in [0.1, 0.15) is 5.56 Å². The average Bonchev–Trinajstić information content (AvgIpc) is 2.40. The maximum absolute atomic E-state index is 13.0. The Morgan fingerprint density at radius 1 is 1.25 bits per heavy atom. The molecule has 0 aromatic heterocycles. The first-order valence-electron chi connectivity index (χ1n) is 6.05. The van der Waals surface area contributed by atoms with E-state index in [1.807, 2.05) is 0 Å². The Bertz CT molecular complexity index is 592. The van der Waals surface area contributed by atoms with Crippen molar-refractivity contribution in [2.45, 2.75) is 12.5 Å². The molecular formula is C15H13BrClFO2. The van der Waals surface area contributed by atoms with E-state index < -0.39 is 6.10 Å². The summed E-state index contributed by atoms with van der Waals surface area (Å²) in [5.74, 6) is 0.292. The van der Waals surface area contributed by atoms with E-state index in [0.717, 1.165) is 5.56 Å². The third-order valence-electron chi connectivity index (χ3n) is 2.71. The second kappa shape index (κ2) is 7.07. The average molecular weight is 360 g/mol. The molecule has 0 heterocycles. The minimum Gasteiger partial charge on any atom is -0.491 e. The molecule has 0 aliphatic heterocycles. The molecule has 0 aliphatic carbocycles. The third-order valence-corrected chi connectivity index (χ3v) is 3.68. The molecule has 20 heavy (non-hydrogen) atoms. The molecule has 0 amide bonds. The maximum atomic E-state index is 13.0. The van der Waals surface area contributed by atoms with E-state index in [9.17, 15) is 9.50 Å². The minimum atomic E-state index is -0.684. The van der Waals surface area contributed by atoms with Gasteiger partial charge in [0.05, 0.1) is 6.10 Å². The van der Waals surface area contributed by atoms with Crippen molar-refractivity contribution < 1.29 is 14.2 Å². The zero-order valence-electron chi connectivity index (χ0n) is 10.5. The lowest BCUT2D eigenvalue weighted by Gasteiger charge is -2.13. The van der Waals surface area contributed by atoms with Crippen molar-refractivity contribution in [1.29, 1.82) is 0 Å². The Hall–Kier alpha value is -1.10. The van der Waals surface area contributed by atoms with Gasteiger partial charge in [-0.05, 0) is 35.9 Å². The lowest BCUT2D eigenvalue weighted by Crippen LogP contribution is -2.20. The van der Waals surface area contributed by atoms with Crippen molar-refractivity contribution in [1.82, 2.24) is 0 Å². The van der Waals surface area contributed by atoms with Crippen molar-refractivity contribution in [3.63, 3.8) is 0 Å². The summed E-state index contributed by atoms with van der Waals surface area (Å²) in [6.07, 6.45) is -0.308. The van der Waals surface area contributed by atoms with Gasteiger partial charge >= 0.3 is 0 Å². The molecule has 0 aliphatic rings. The van der Waals surface area contributed by atoms with Crippen molar-refractivity contribution in [3.8, 4) is 5.75 Å². The number of aliphatic hydroxyl groups excluding tert-OH is 1. The summed E-state index contributed by atoms with van der Waals surface area (Å²) in [5.41, 5.74) is 0.827. The summed E-state index contributed by atoms with van der Waals surface area (Å²) >= 11 is 9.11. The molecule has 106 valence electrons. The fourth-order valence-electron chi connectivity index (χ4n) is 1.75. The van der Waals surface area contributed by atoms with E-state index in [-0.39, 0.29) is 12.4 Å². The molecule has 0 fully saturated rings. The van der Waals surface area contributed by atoms with Crippen LogP contribution in [0.15, 0.2) is 46.9 Å². The van der Waals surface area contributed by atoms with Crippen LogP contribution < -0.4 is 4.74 Å². The molecule has 2 rings (SSSR count). The fraction of sp³-hybridized carbons (Fsp3) is 0.200. The van der Waals surface area contributed by atoms with Crippen LogP contribution in [0, 0.1) is 5.82 Å². The van der Waals surface area contributed by atoms with Crippen LogP contribution in [0.3, 0.4) is 0 Å². The first-order valence-corrected chi connectivity index (χ1v) is 7.22. The highest BCUT2D eigenvalue weighted by atomic mass is 79.9. The van der Waals surface area contributed by atoms with Gasteiger partial charge in [0.1, 0.15) is 18.2 Å². The van der Waals surface area contributed by atoms with E-state index in [2.05, 4.69) is 15.9 Å². The highest BCUT2D eigenvalue weighted by Gasteiger charge is 2.10. The van der Waals surface area contributed by atoms with E-state index in [0.29, 0.717) is 21.7 Å². The van der Waals surface area contributed by atoms with Crippen molar-refractivity contribution in [2.75, 3.05) is 6.61 Å². The Morgan fingerprint density at radius 2 is 2.05 bits per heavy atom. The van der Waals surface area contributed by atoms with Crippen LogP contribution >= 0.6 is 27.5 Å². The van der Waals surface area contributed by atoms with E-state index in [1.165, 1.54) is 12.1 Å². The van der Waals surface area contributed by atoms with Gasteiger partial charge in [-0.25, -0.2) is 4.39 Å². The summed E-state index contributed by atoms with van der Waals surface area (Å²) in [7, 11) is 0. The Morgan fingerprint density at radius 3 is 2.75 bits per heavy atom. The maximum Gasteiger partial charge on any atom is 0.124 e. The Balaban J connectivity index is 1.90. The number of rotatable bonds is 5. The van der Waals surface area contributed by atoms with Crippen molar-refractivity contribution in [2.24, 2.45) is 0 Å². The van der Waals surface area contributed by atoms with Gasteiger partial charge in [0.25, 0.3) is 0 Å². The van der Waals surface area contributed by atoms with Gasteiger partial charge < -0.3 is 9.84 Å². The van der Waals surface area contributed by atoms with Gasteiger partial charge in [-0.3, -0.25) is 0 Å². The molecule has 1 atom stereocenters. The topological polar surface area (TPSA) is 29.5 Å². The fourth-order valence-corrected chi connectivity index (χ4v) is 2.44. The molecule has 0 spiro atoms. The summed E-state index contributed by atoms with van der Waals surface area (Å²) in [6, 6.07) is 11.4. The number of benzene rings is 2. The van der Waals surface area contributed by atoms with Gasteiger partial charge in [-0.2, -0.15) is 0 Å². The lowest BCUT2D eigenvalue weighted by molar-refractivity contribution is 0.107. The molecule has 2 aromatic rings. The molecule has 5 heteroatoms. The zero-order valence-corrected chi connectivity index (χ0v) is 12.9. The van der Waals surface area contributed by atoms with Gasteiger partial charge in [-0.1, -0.05) is 39.7 Å². The van der Waals surface area contributed by atoms with Crippen LogP contribution in [0.25, 0.3) is 0 Å². The number of hydrogen-bond donors (Lipinski definition) is 1. The standard InChI is InChI=1S/C15H13BrClFO2/c16-15-8-12(18)5-4-10(15)6-13(19)9-20-14-3-1-2-11(17)7-14/h1-5,7-8,13,19H,6,9H2. The number of ether oxygens (including phenoxy) is 1. The first kappa shape index (κ1) is 15.3.